The summed E-state index contributed by atoms with van der Waals surface area (Å²) in [6, 6.07) is 6.09. The first-order valence-electron chi connectivity index (χ1n) is 9.08. The molecule has 6 heteroatoms. The summed E-state index contributed by atoms with van der Waals surface area (Å²) in [6.07, 6.45) is 8.10. The number of aromatic nitrogens is 2. The molecule has 1 amide bonds. The number of amides is 1. The molecular formula is C20H25FN4O. The van der Waals surface area contributed by atoms with Gasteiger partial charge in [0.15, 0.2) is 0 Å². The van der Waals surface area contributed by atoms with Crippen molar-refractivity contribution in [3.8, 4) is 0 Å². The van der Waals surface area contributed by atoms with Crippen LogP contribution in [-0.2, 0) is 17.8 Å². The first-order chi connectivity index (χ1) is 12.5. The first kappa shape index (κ1) is 18.5. The highest BCUT2D eigenvalue weighted by molar-refractivity contribution is 5.79. The molecule has 0 spiro atoms. The number of carbonyl (C=O) groups is 1. The molecule has 2 aromatic rings. The van der Waals surface area contributed by atoms with Gasteiger partial charge in [-0.05, 0) is 37.5 Å². The van der Waals surface area contributed by atoms with Gasteiger partial charge in [0, 0.05) is 31.0 Å². The van der Waals surface area contributed by atoms with Crippen molar-refractivity contribution in [3.05, 3.63) is 59.4 Å². The average Bonchev–Trinajstić information content (AvgIpc) is 3.07. The predicted molar refractivity (Wildman–Crippen MR) is 97.9 cm³/mol. The van der Waals surface area contributed by atoms with Gasteiger partial charge in [-0.25, -0.2) is 14.4 Å². The average molecular weight is 356 g/mol. The number of rotatable bonds is 7. The molecule has 0 aliphatic heterocycles. The van der Waals surface area contributed by atoms with E-state index < -0.39 is 0 Å². The molecule has 2 N–H and O–H groups in total. The Morgan fingerprint density at radius 1 is 1.12 bits per heavy atom. The lowest BCUT2D eigenvalue weighted by molar-refractivity contribution is -0.122. The second-order valence-corrected chi connectivity index (χ2v) is 7.08. The summed E-state index contributed by atoms with van der Waals surface area (Å²) in [5.74, 6) is 0.457. The van der Waals surface area contributed by atoms with E-state index >= 15 is 0 Å². The second-order valence-electron chi connectivity index (χ2n) is 7.08. The molecule has 1 fully saturated rings. The summed E-state index contributed by atoms with van der Waals surface area (Å²) in [7, 11) is 0. The van der Waals surface area contributed by atoms with Crippen LogP contribution in [0.5, 0.6) is 0 Å². The maximum absolute atomic E-state index is 13.0. The first-order valence-corrected chi connectivity index (χ1v) is 9.08. The van der Waals surface area contributed by atoms with Crippen LogP contribution in [0.25, 0.3) is 0 Å². The smallest absolute Gasteiger partial charge is 0.224 e. The third-order valence-corrected chi connectivity index (χ3v) is 4.87. The van der Waals surface area contributed by atoms with Gasteiger partial charge in [-0.2, -0.15) is 0 Å². The molecule has 26 heavy (non-hydrogen) atoms. The molecule has 0 saturated heterocycles. The number of nitrogens with one attached hydrogen (secondary N) is 2. The van der Waals surface area contributed by atoms with E-state index in [2.05, 4.69) is 20.6 Å². The highest BCUT2D eigenvalue weighted by Gasteiger charge is 2.34. The van der Waals surface area contributed by atoms with E-state index in [9.17, 15) is 9.18 Å². The van der Waals surface area contributed by atoms with Crippen molar-refractivity contribution in [2.75, 3.05) is 6.54 Å². The van der Waals surface area contributed by atoms with Crippen molar-refractivity contribution < 1.29 is 9.18 Å². The largest absolute Gasteiger partial charge is 0.349 e. The maximum Gasteiger partial charge on any atom is 0.224 e. The molecule has 1 saturated carbocycles. The van der Waals surface area contributed by atoms with E-state index in [1.807, 2.05) is 19.3 Å². The van der Waals surface area contributed by atoms with E-state index in [0.29, 0.717) is 6.54 Å². The number of benzene rings is 1. The van der Waals surface area contributed by atoms with E-state index in [4.69, 9.17) is 0 Å². The molecule has 0 atom stereocenters. The Morgan fingerprint density at radius 3 is 2.42 bits per heavy atom. The van der Waals surface area contributed by atoms with Gasteiger partial charge in [-0.1, -0.05) is 25.0 Å². The fraction of sp³-hybridized carbons (Fsp3) is 0.450. The van der Waals surface area contributed by atoms with Crippen LogP contribution in [-0.4, -0.2) is 28.0 Å². The maximum atomic E-state index is 13.0. The Labute approximate surface area is 153 Å². The van der Waals surface area contributed by atoms with E-state index in [-0.39, 0.29) is 23.7 Å². The number of hydrogen-bond donors (Lipinski definition) is 2. The van der Waals surface area contributed by atoms with Gasteiger partial charge in [-0.15, -0.1) is 0 Å². The van der Waals surface area contributed by atoms with Gasteiger partial charge in [0.05, 0.1) is 12.0 Å². The third-order valence-electron chi connectivity index (χ3n) is 4.87. The normalized spacial score (nSPS) is 15.8. The summed E-state index contributed by atoms with van der Waals surface area (Å²) in [5, 5.41) is 6.66. The van der Waals surface area contributed by atoms with Gasteiger partial charge in [0.2, 0.25) is 5.91 Å². The van der Waals surface area contributed by atoms with Crippen molar-refractivity contribution in [2.24, 2.45) is 0 Å². The van der Waals surface area contributed by atoms with Crippen molar-refractivity contribution in [1.82, 2.24) is 20.6 Å². The van der Waals surface area contributed by atoms with Gasteiger partial charge in [0.1, 0.15) is 11.6 Å². The zero-order chi connectivity index (χ0) is 18.4. The van der Waals surface area contributed by atoms with Gasteiger partial charge in [-0.3, -0.25) is 4.79 Å². The van der Waals surface area contributed by atoms with E-state index in [1.165, 1.54) is 12.1 Å². The van der Waals surface area contributed by atoms with Gasteiger partial charge in [0.25, 0.3) is 0 Å². The Hall–Kier alpha value is -2.34. The Balaban J connectivity index is 1.54. The minimum atomic E-state index is -0.286. The van der Waals surface area contributed by atoms with Crippen molar-refractivity contribution >= 4 is 5.91 Å². The molecule has 1 aromatic carbocycles. The second kappa shape index (κ2) is 8.36. The molecule has 1 heterocycles. The van der Waals surface area contributed by atoms with E-state index in [1.54, 1.807) is 12.1 Å². The molecule has 0 bridgehead atoms. The predicted octanol–water partition coefficient (Wildman–Crippen LogP) is 2.69. The van der Waals surface area contributed by atoms with Gasteiger partial charge >= 0.3 is 0 Å². The zero-order valence-electron chi connectivity index (χ0n) is 15.1. The number of nitrogens with zero attached hydrogens (tertiary/aromatic N) is 2. The van der Waals surface area contributed by atoms with Crippen LogP contribution in [0.3, 0.4) is 0 Å². The summed E-state index contributed by atoms with van der Waals surface area (Å²) in [4.78, 5) is 20.9. The third kappa shape index (κ3) is 5.08. The van der Waals surface area contributed by atoms with Crippen LogP contribution in [0.15, 0.2) is 36.7 Å². The molecule has 138 valence electrons. The lowest BCUT2D eigenvalue weighted by Crippen LogP contribution is -2.53. The standard InChI is InChI=1S/C20H25FN4O/c1-15-23-12-17(13-24-15)11-22-14-20(8-2-3-9-20)25-19(26)10-16-4-6-18(21)7-5-16/h4-7,12-13,22H,2-3,8-11,14H2,1H3,(H,25,26). The van der Waals surface area contributed by atoms with Crippen LogP contribution in [0.2, 0.25) is 0 Å². The molecule has 5 nitrogen and oxygen atoms in total. The number of aryl methyl sites for hydroxylation is 1. The number of hydrogen-bond acceptors (Lipinski definition) is 4. The quantitative estimate of drug-likeness (QED) is 0.800. The minimum Gasteiger partial charge on any atom is -0.349 e. The summed E-state index contributed by atoms with van der Waals surface area (Å²) >= 11 is 0. The summed E-state index contributed by atoms with van der Waals surface area (Å²) in [5.41, 5.74) is 1.64. The molecule has 1 aromatic heterocycles. The van der Waals surface area contributed by atoms with Gasteiger partial charge < -0.3 is 10.6 Å². The van der Waals surface area contributed by atoms with Crippen LogP contribution in [0, 0.1) is 12.7 Å². The van der Waals surface area contributed by atoms with Crippen molar-refractivity contribution in [1.29, 1.82) is 0 Å². The van der Waals surface area contributed by atoms with E-state index in [0.717, 1.165) is 49.2 Å². The molecule has 1 aliphatic rings. The Kier molecular flexibility index (Phi) is 5.93. The molecule has 3 rings (SSSR count). The van der Waals surface area contributed by atoms with Crippen LogP contribution >= 0.6 is 0 Å². The molecular weight excluding hydrogens is 331 g/mol. The van der Waals surface area contributed by atoms with Crippen molar-refractivity contribution in [2.45, 2.75) is 51.1 Å². The number of carbonyl (C=O) groups excluding carboxylic acids is 1. The SMILES string of the molecule is Cc1ncc(CNCC2(NC(=O)Cc3ccc(F)cc3)CCCC2)cn1. The fourth-order valence-electron chi connectivity index (χ4n) is 3.48. The van der Waals surface area contributed by atoms with Crippen LogP contribution < -0.4 is 10.6 Å². The summed E-state index contributed by atoms with van der Waals surface area (Å²) in [6.45, 7) is 3.26. The highest BCUT2D eigenvalue weighted by Crippen LogP contribution is 2.29. The molecule has 0 unspecified atom stereocenters. The highest BCUT2D eigenvalue weighted by atomic mass is 19.1. The number of halogens is 1. The molecule has 1 aliphatic carbocycles. The summed E-state index contributed by atoms with van der Waals surface area (Å²) < 4.78 is 13.0. The Bertz CT molecular complexity index is 724. The zero-order valence-corrected chi connectivity index (χ0v) is 15.1. The van der Waals surface area contributed by atoms with Crippen molar-refractivity contribution in [3.63, 3.8) is 0 Å². The Morgan fingerprint density at radius 2 is 1.77 bits per heavy atom. The topological polar surface area (TPSA) is 66.9 Å². The monoisotopic (exact) mass is 356 g/mol. The van der Waals surface area contributed by atoms with Crippen LogP contribution in [0.4, 0.5) is 4.39 Å². The molecule has 0 radical (unpaired) electrons. The van der Waals surface area contributed by atoms with Crippen LogP contribution in [0.1, 0.15) is 42.6 Å². The minimum absolute atomic E-state index is 0.0148. The lowest BCUT2D eigenvalue weighted by Gasteiger charge is -2.31. The fourth-order valence-corrected chi connectivity index (χ4v) is 3.48. The lowest BCUT2D eigenvalue weighted by atomic mass is 9.96.